The van der Waals surface area contributed by atoms with Gasteiger partial charge in [0, 0.05) is 11.6 Å². The van der Waals surface area contributed by atoms with Gasteiger partial charge in [0.2, 0.25) is 7.37 Å². The number of hydrogen-bond donors (Lipinski definition) is 1. The summed E-state index contributed by atoms with van der Waals surface area (Å²) in [5, 5.41) is 0. The van der Waals surface area contributed by atoms with Gasteiger partial charge in [-0.3, -0.25) is 4.57 Å². The van der Waals surface area contributed by atoms with E-state index in [9.17, 15) is 13.3 Å². The Kier molecular flexibility index (Phi) is 3.35. The van der Waals surface area contributed by atoms with Gasteiger partial charge in [0.05, 0.1) is 12.7 Å². The van der Waals surface area contributed by atoms with Crippen molar-refractivity contribution in [3.8, 4) is 0 Å². The topological polar surface area (TPSA) is 37.3 Å². The lowest BCUT2D eigenvalue weighted by atomic mass is 11.2. The van der Waals surface area contributed by atoms with Crippen molar-refractivity contribution in [2.24, 2.45) is 0 Å². The van der Waals surface area contributed by atoms with E-state index >= 15 is 0 Å². The van der Waals surface area contributed by atoms with Gasteiger partial charge >= 0.3 is 0 Å². The summed E-state index contributed by atoms with van der Waals surface area (Å²) >= 11 is 0. The second-order valence-electron chi connectivity index (χ2n) is 1.22. The minimum atomic E-state index is -3.80. The van der Waals surface area contributed by atoms with E-state index < -0.39 is 7.37 Å². The van der Waals surface area contributed by atoms with Gasteiger partial charge in [0.15, 0.2) is 0 Å². The predicted molar refractivity (Wildman–Crippen MR) is 30.3 cm³/mol. The SMILES string of the molecule is O=P(O)(C=CF)C=CF. The lowest BCUT2D eigenvalue weighted by Crippen LogP contribution is -1.63. The highest BCUT2D eigenvalue weighted by Gasteiger charge is 2.06. The van der Waals surface area contributed by atoms with Crippen LogP contribution in [0.25, 0.3) is 0 Å². The molecule has 0 rings (SSSR count). The van der Waals surface area contributed by atoms with Crippen LogP contribution in [0.4, 0.5) is 8.78 Å². The fraction of sp³-hybridized carbons (Fsp3) is 0. The zero-order valence-electron chi connectivity index (χ0n) is 4.37. The molecule has 0 aliphatic heterocycles. The fourth-order valence-electron chi connectivity index (χ4n) is 0.211. The molecule has 0 amide bonds. The van der Waals surface area contributed by atoms with Crippen LogP contribution in [-0.2, 0) is 4.57 Å². The summed E-state index contributed by atoms with van der Waals surface area (Å²) in [6, 6.07) is 0. The first kappa shape index (κ1) is 8.53. The zero-order chi connectivity index (χ0) is 7.33. The molecular formula is C4H5F2O2P. The summed E-state index contributed by atoms with van der Waals surface area (Å²) < 4.78 is 32.6. The Morgan fingerprint density at radius 3 is 1.78 bits per heavy atom. The van der Waals surface area contributed by atoms with Crippen molar-refractivity contribution >= 4 is 7.37 Å². The van der Waals surface area contributed by atoms with Crippen molar-refractivity contribution in [2.75, 3.05) is 0 Å². The van der Waals surface area contributed by atoms with Gasteiger partial charge < -0.3 is 4.89 Å². The highest BCUT2D eigenvalue weighted by molar-refractivity contribution is 7.64. The summed E-state index contributed by atoms with van der Waals surface area (Å²) in [5.74, 6) is 0.784. The number of hydrogen-bond acceptors (Lipinski definition) is 1. The van der Waals surface area contributed by atoms with Crippen molar-refractivity contribution in [3.05, 3.63) is 24.3 Å². The molecule has 0 radical (unpaired) electrons. The minimum Gasteiger partial charge on any atom is -0.339 e. The zero-order valence-corrected chi connectivity index (χ0v) is 5.26. The summed E-state index contributed by atoms with van der Waals surface area (Å²) in [6.45, 7) is 0. The third kappa shape index (κ3) is 4.06. The molecule has 0 spiro atoms. The largest absolute Gasteiger partial charge is 0.339 e. The first-order valence-corrected chi connectivity index (χ1v) is 3.80. The van der Waals surface area contributed by atoms with Crippen molar-refractivity contribution in [1.82, 2.24) is 0 Å². The molecule has 0 saturated heterocycles. The van der Waals surface area contributed by atoms with Crippen LogP contribution in [-0.4, -0.2) is 4.89 Å². The van der Waals surface area contributed by atoms with Gasteiger partial charge in [-0.1, -0.05) is 0 Å². The Hall–Kier alpha value is -0.470. The smallest absolute Gasteiger partial charge is 0.249 e. The minimum absolute atomic E-state index is 0.0965. The van der Waals surface area contributed by atoms with Gasteiger partial charge in [0.1, 0.15) is 0 Å². The standard InChI is InChI=1S/C4H5F2O2P/c5-1-3-9(7,8)4-2-6/h1-4H,(H,7,8). The molecule has 0 aromatic heterocycles. The van der Waals surface area contributed by atoms with Gasteiger partial charge in [-0.2, -0.15) is 0 Å². The molecule has 0 fully saturated rings. The molecule has 5 heteroatoms. The molecule has 52 valence electrons. The van der Waals surface area contributed by atoms with Crippen LogP contribution in [0.15, 0.2) is 24.3 Å². The Bertz CT molecular complexity index is 159. The second kappa shape index (κ2) is 3.54. The molecule has 0 saturated carbocycles. The molecular weight excluding hydrogens is 149 g/mol. The third-order valence-corrected chi connectivity index (χ3v) is 1.62. The van der Waals surface area contributed by atoms with E-state index in [1.54, 1.807) is 0 Å². The first-order valence-electron chi connectivity index (χ1n) is 2.00. The van der Waals surface area contributed by atoms with Crippen LogP contribution in [0.5, 0.6) is 0 Å². The summed E-state index contributed by atoms with van der Waals surface area (Å²) in [5.41, 5.74) is 0. The monoisotopic (exact) mass is 154 g/mol. The maximum absolute atomic E-state index is 11.1. The quantitative estimate of drug-likeness (QED) is 0.618. The molecule has 0 atom stereocenters. The van der Waals surface area contributed by atoms with Gasteiger partial charge in [-0.15, -0.1) is 0 Å². The average molecular weight is 154 g/mol. The number of halogens is 2. The van der Waals surface area contributed by atoms with E-state index in [0.717, 1.165) is 0 Å². The molecule has 1 N–H and O–H groups in total. The van der Waals surface area contributed by atoms with E-state index in [4.69, 9.17) is 4.89 Å². The van der Waals surface area contributed by atoms with Gasteiger partial charge in [-0.25, -0.2) is 8.78 Å². The van der Waals surface area contributed by atoms with Crippen molar-refractivity contribution in [3.63, 3.8) is 0 Å². The summed E-state index contributed by atoms with van der Waals surface area (Å²) in [7, 11) is -3.80. The van der Waals surface area contributed by atoms with Gasteiger partial charge in [-0.05, 0) is 0 Å². The second-order valence-corrected chi connectivity index (χ2v) is 3.16. The van der Waals surface area contributed by atoms with Crippen LogP contribution in [0.2, 0.25) is 0 Å². The molecule has 9 heavy (non-hydrogen) atoms. The van der Waals surface area contributed by atoms with E-state index in [2.05, 4.69) is 0 Å². The maximum atomic E-state index is 11.1. The normalized spacial score (nSPS) is 19.0. The van der Waals surface area contributed by atoms with Crippen molar-refractivity contribution in [2.45, 2.75) is 0 Å². The maximum Gasteiger partial charge on any atom is 0.249 e. The third-order valence-electron chi connectivity index (χ3n) is 0.540. The lowest BCUT2D eigenvalue weighted by Gasteiger charge is -1.93. The van der Waals surface area contributed by atoms with Crippen LogP contribution in [0, 0.1) is 0 Å². The Morgan fingerprint density at radius 1 is 1.22 bits per heavy atom. The molecule has 2 nitrogen and oxygen atoms in total. The predicted octanol–water partition coefficient (Wildman–Crippen LogP) is 2.14. The van der Waals surface area contributed by atoms with Crippen LogP contribution in [0.1, 0.15) is 0 Å². The molecule has 0 aromatic carbocycles. The molecule has 0 bridgehead atoms. The Balaban J connectivity index is 4.21. The Morgan fingerprint density at radius 2 is 1.56 bits per heavy atom. The molecule has 0 aliphatic rings. The first-order chi connectivity index (χ1) is 4.12. The fourth-order valence-corrected chi connectivity index (χ4v) is 0.633. The van der Waals surface area contributed by atoms with Crippen LogP contribution in [0.3, 0.4) is 0 Å². The molecule has 0 heterocycles. The van der Waals surface area contributed by atoms with Crippen LogP contribution < -0.4 is 0 Å². The average Bonchev–Trinajstić information content (AvgIpc) is 1.64. The van der Waals surface area contributed by atoms with Crippen molar-refractivity contribution < 1.29 is 18.2 Å². The summed E-state index contributed by atoms with van der Waals surface area (Å²) in [4.78, 5) is 8.42. The van der Waals surface area contributed by atoms with Gasteiger partial charge in [0.25, 0.3) is 0 Å². The molecule has 0 aromatic rings. The highest BCUT2D eigenvalue weighted by Crippen LogP contribution is 2.43. The summed E-state index contributed by atoms with van der Waals surface area (Å²) in [6.07, 6.45) is -0.193. The van der Waals surface area contributed by atoms with E-state index in [0.29, 0.717) is 11.6 Å². The van der Waals surface area contributed by atoms with E-state index in [1.165, 1.54) is 0 Å². The van der Waals surface area contributed by atoms with Crippen molar-refractivity contribution in [1.29, 1.82) is 0 Å². The number of rotatable bonds is 2. The molecule has 0 aliphatic carbocycles. The highest BCUT2D eigenvalue weighted by atomic mass is 31.2. The lowest BCUT2D eigenvalue weighted by molar-refractivity contribution is 0.497. The van der Waals surface area contributed by atoms with E-state index in [-0.39, 0.29) is 12.7 Å². The Labute approximate surface area is 51.0 Å². The molecule has 0 unspecified atom stereocenters. The van der Waals surface area contributed by atoms with Crippen LogP contribution >= 0.6 is 7.37 Å². The van der Waals surface area contributed by atoms with E-state index in [1.807, 2.05) is 0 Å².